The molecule has 0 amide bonds. The summed E-state index contributed by atoms with van der Waals surface area (Å²) < 4.78 is 0. The number of carbonyl (C=O) groups is 6. The number of aliphatic carboxylic acids is 3. The fourth-order valence-electron chi connectivity index (χ4n) is 5.12. The Morgan fingerprint density at radius 2 is 0.469 bits per heavy atom. The van der Waals surface area contributed by atoms with E-state index in [1.807, 2.05) is 0 Å². The Morgan fingerprint density at radius 1 is 0.306 bits per heavy atom. The minimum atomic E-state index is -1.26. The van der Waals surface area contributed by atoms with Crippen molar-refractivity contribution in [2.75, 3.05) is 0 Å². The SMILES string of the molecule is CCCCCCCCCCC(=O)CC(=O)[O-].CCCCCCCCCCC(=O)CC(=O)[O-].CCCCCCCCCCC(=O)CC(=O)[O-].[Al+3]. The van der Waals surface area contributed by atoms with E-state index < -0.39 is 37.2 Å². The molecule has 0 rings (SSSR count). The van der Waals surface area contributed by atoms with E-state index in [1.54, 1.807) is 0 Å². The largest absolute Gasteiger partial charge is 3.00 e. The van der Waals surface area contributed by atoms with Crippen LogP contribution in [0.2, 0.25) is 0 Å². The molecular formula is C39H69AlO9. The van der Waals surface area contributed by atoms with Crippen molar-refractivity contribution in [1.29, 1.82) is 0 Å². The third kappa shape index (κ3) is 55.6. The van der Waals surface area contributed by atoms with Gasteiger partial charge < -0.3 is 29.7 Å². The van der Waals surface area contributed by atoms with Gasteiger partial charge in [0.1, 0.15) is 17.3 Å². The molecule has 0 unspecified atom stereocenters. The Hall–Kier alpha value is -2.05. The summed E-state index contributed by atoms with van der Waals surface area (Å²) in [5, 5.41) is 30.3. The van der Waals surface area contributed by atoms with E-state index in [9.17, 15) is 44.1 Å². The first kappa shape index (κ1) is 53.7. The molecule has 0 aliphatic carbocycles. The Balaban J connectivity index is -0.000000307. The Kier molecular flexibility index (Phi) is 48.2. The first-order valence-corrected chi connectivity index (χ1v) is 19.1. The Bertz CT molecular complexity index is 710. The summed E-state index contributed by atoms with van der Waals surface area (Å²) in [6, 6.07) is 0. The molecule has 10 heteroatoms. The van der Waals surface area contributed by atoms with Crippen LogP contribution in [0, 0.1) is 0 Å². The van der Waals surface area contributed by atoms with Crippen molar-refractivity contribution in [3.8, 4) is 0 Å². The first-order chi connectivity index (χ1) is 23.0. The molecule has 0 saturated heterocycles. The smallest absolute Gasteiger partial charge is 0.550 e. The zero-order valence-corrected chi connectivity index (χ0v) is 32.6. The number of rotatable bonds is 33. The first-order valence-electron chi connectivity index (χ1n) is 19.1. The van der Waals surface area contributed by atoms with Gasteiger partial charge in [-0.2, -0.15) is 0 Å². The van der Waals surface area contributed by atoms with Gasteiger partial charge in [-0.3, -0.25) is 14.4 Å². The Labute approximate surface area is 309 Å². The average molecular weight is 709 g/mol. The molecule has 0 atom stereocenters. The molecule has 0 aromatic carbocycles. The standard InChI is InChI=1S/3C13H24O3.Al/c3*1-2-3-4-5-6-7-8-9-10-12(14)11-13(15)16;/h3*2-11H2,1H3,(H,15,16);/q;;;+3/p-3. The number of Topliss-reactive ketones (excluding diaryl/α,β-unsaturated/α-hetero) is 3. The zero-order valence-electron chi connectivity index (χ0n) is 31.5. The summed E-state index contributed by atoms with van der Waals surface area (Å²) in [5.41, 5.74) is 0. The van der Waals surface area contributed by atoms with Crippen molar-refractivity contribution in [3.05, 3.63) is 0 Å². The number of hydrogen-bond donors (Lipinski definition) is 0. The molecular weight excluding hydrogens is 639 g/mol. The van der Waals surface area contributed by atoms with Gasteiger partial charge in [0.2, 0.25) is 0 Å². The second-order valence-corrected chi connectivity index (χ2v) is 12.9. The monoisotopic (exact) mass is 708 g/mol. The van der Waals surface area contributed by atoms with Crippen LogP contribution in [0.25, 0.3) is 0 Å². The van der Waals surface area contributed by atoms with E-state index in [0.717, 1.165) is 57.8 Å². The van der Waals surface area contributed by atoms with E-state index in [4.69, 9.17) is 0 Å². The number of hydrogen-bond acceptors (Lipinski definition) is 9. The molecule has 0 N–H and O–H groups in total. The minimum Gasteiger partial charge on any atom is -0.550 e. The maximum Gasteiger partial charge on any atom is 3.00 e. The van der Waals surface area contributed by atoms with Crippen LogP contribution in [0.15, 0.2) is 0 Å². The van der Waals surface area contributed by atoms with Crippen molar-refractivity contribution in [1.82, 2.24) is 0 Å². The summed E-state index contributed by atoms with van der Waals surface area (Å²) in [5.74, 6) is -4.39. The molecule has 49 heavy (non-hydrogen) atoms. The predicted octanol–water partition coefficient (Wildman–Crippen LogP) is 6.30. The van der Waals surface area contributed by atoms with Crippen LogP contribution < -0.4 is 15.3 Å². The van der Waals surface area contributed by atoms with Crippen LogP contribution in [-0.2, 0) is 28.8 Å². The van der Waals surface area contributed by atoms with Crippen molar-refractivity contribution in [2.24, 2.45) is 0 Å². The van der Waals surface area contributed by atoms with E-state index in [0.29, 0.717) is 19.3 Å². The second kappa shape index (κ2) is 44.0. The van der Waals surface area contributed by atoms with Gasteiger partial charge in [0, 0.05) is 56.4 Å². The van der Waals surface area contributed by atoms with Crippen LogP contribution >= 0.6 is 0 Å². The molecule has 0 spiro atoms. The van der Waals surface area contributed by atoms with E-state index in [1.165, 1.54) is 96.3 Å². The fourth-order valence-corrected chi connectivity index (χ4v) is 5.12. The number of ketones is 3. The molecule has 0 aliphatic rings. The van der Waals surface area contributed by atoms with Crippen LogP contribution in [0.1, 0.15) is 213 Å². The molecule has 0 aromatic rings. The summed E-state index contributed by atoms with van der Waals surface area (Å²) in [4.78, 5) is 63.4. The molecule has 0 aromatic heterocycles. The van der Waals surface area contributed by atoms with Crippen molar-refractivity contribution < 1.29 is 44.1 Å². The zero-order chi connectivity index (χ0) is 36.7. The summed E-state index contributed by atoms with van der Waals surface area (Å²) in [7, 11) is 0. The maximum absolute atomic E-state index is 11.0. The van der Waals surface area contributed by atoms with E-state index in [2.05, 4.69) is 20.8 Å². The van der Waals surface area contributed by atoms with Crippen molar-refractivity contribution in [2.45, 2.75) is 213 Å². The van der Waals surface area contributed by atoms with Gasteiger partial charge in [-0.1, -0.05) is 156 Å². The van der Waals surface area contributed by atoms with Crippen LogP contribution in [0.5, 0.6) is 0 Å². The van der Waals surface area contributed by atoms with Gasteiger partial charge in [-0.15, -0.1) is 0 Å². The maximum atomic E-state index is 11.0. The van der Waals surface area contributed by atoms with Gasteiger partial charge in [-0.05, 0) is 19.3 Å². The summed E-state index contributed by atoms with van der Waals surface area (Å²) in [6.45, 7) is 6.59. The van der Waals surface area contributed by atoms with Gasteiger partial charge in [0.15, 0.2) is 0 Å². The van der Waals surface area contributed by atoms with Gasteiger partial charge in [0.05, 0.1) is 0 Å². The normalized spacial score (nSPS) is 10.1. The van der Waals surface area contributed by atoms with E-state index in [-0.39, 0.29) is 34.7 Å². The molecule has 0 fully saturated rings. The topological polar surface area (TPSA) is 172 Å². The van der Waals surface area contributed by atoms with Crippen molar-refractivity contribution >= 4 is 52.6 Å². The summed E-state index contributed by atoms with van der Waals surface area (Å²) >= 11 is 0. The number of carboxylic acid groups (broad SMARTS) is 3. The molecule has 0 bridgehead atoms. The molecule has 0 saturated carbocycles. The van der Waals surface area contributed by atoms with Crippen LogP contribution in [0.4, 0.5) is 0 Å². The molecule has 0 aliphatic heterocycles. The fraction of sp³-hybridized carbons (Fsp3) is 0.846. The average Bonchev–Trinajstić information content (AvgIpc) is 3.01. The number of unbranched alkanes of at least 4 members (excludes halogenated alkanes) is 21. The predicted molar refractivity (Wildman–Crippen MR) is 191 cm³/mol. The van der Waals surface area contributed by atoms with Crippen LogP contribution in [0.3, 0.4) is 0 Å². The second-order valence-electron chi connectivity index (χ2n) is 12.9. The van der Waals surface area contributed by atoms with Crippen LogP contribution in [-0.4, -0.2) is 52.6 Å². The molecule has 0 radical (unpaired) electrons. The van der Waals surface area contributed by atoms with Gasteiger partial charge >= 0.3 is 17.4 Å². The third-order valence-corrected chi connectivity index (χ3v) is 7.95. The number of carboxylic acids is 3. The summed E-state index contributed by atoms with van der Waals surface area (Å²) in [6.07, 6.45) is 28.1. The quantitative estimate of drug-likeness (QED) is 0.0431. The molecule has 9 nitrogen and oxygen atoms in total. The third-order valence-electron chi connectivity index (χ3n) is 7.95. The van der Waals surface area contributed by atoms with Crippen molar-refractivity contribution in [3.63, 3.8) is 0 Å². The minimum absolute atomic E-state index is 0. The van der Waals surface area contributed by atoms with E-state index >= 15 is 0 Å². The number of carbonyl (C=O) groups excluding carboxylic acids is 6. The molecule has 0 heterocycles. The van der Waals surface area contributed by atoms with Gasteiger partial charge in [-0.25, -0.2) is 0 Å². The molecule has 282 valence electrons. The van der Waals surface area contributed by atoms with Gasteiger partial charge in [0.25, 0.3) is 0 Å². The Morgan fingerprint density at radius 3 is 0.633 bits per heavy atom.